The molecule has 0 bridgehead atoms. The van der Waals surface area contributed by atoms with Crippen LogP contribution >= 0.6 is 0 Å². The molecule has 0 aromatic heterocycles. The van der Waals surface area contributed by atoms with Gasteiger partial charge in [0.05, 0.1) is 0 Å². The molecule has 0 amide bonds. The summed E-state index contributed by atoms with van der Waals surface area (Å²) < 4.78 is 0. The van der Waals surface area contributed by atoms with Crippen molar-refractivity contribution in [3.8, 4) is 11.8 Å². The Morgan fingerprint density at radius 2 is 2.21 bits per heavy atom. The molecule has 1 heteroatoms. The van der Waals surface area contributed by atoms with Gasteiger partial charge in [0.2, 0.25) is 0 Å². The molecule has 0 radical (unpaired) electrons. The fraction of sp³-hybridized carbons (Fsp3) is 0.615. The first-order valence-corrected chi connectivity index (χ1v) is 5.52. The Labute approximate surface area is 86.6 Å². The predicted molar refractivity (Wildman–Crippen MR) is 58.9 cm³/mol. The van der Waals surface area contributed by atoms with E-state index in [1.807, 2.05) is 0 Å². The Hall–Kier alpha value is -1.03. The SMILES string of the molecule is CCC#CCCC/C=C1\CCCC1=O. The summed E-state index contributed by atoms with van der Waals surface area (Å²) >= 11 is 0. The Morgan fingerprint density at radius 3 is 2.86 bits per heavy atom. The zero-order chi connectivity index (χ0) is 10.2. The van der Waals surface area contributed by atoms with Gasteiger partial charge in [-0.2, -0.15) is 0 Å². The molecule has 1 nitrogen and oxygen atoms in total. The number of hydrogen-bond donors (Lipinski definition) is 0. The van der Waals surface area contributed by atoms with E-state index < -0.39 is 0 Å². The van der Waals surface area contributed by atoms with Crippen LogP contribution in [0.5, 0.6) is 0 Å². The molecule has 0 aliphatic heterocycles. The Balaban J connectivity index is 2.16. The Kier molecular flexibility index (Phi) is 5.07. The van der Waals surface area contributed by atoms with Gasteiger partial charge in [0.1, 0.15) is 0 Å². The fourth-order valence-corrected chi connectivity index (χ4v) is 1.64. The van der Waals surface area contributed by atoms with Crippen molar-refractivity contribution in [3.05, 3.63) is 11.6 Å². The van der Waals surface area contributed by atoms with Crippen LogP contribution in [0, 0.1) is 11.8 Å². The van der Waals surface area contributed by atoms with Crippen molar-refractivity contribution >= 4 is 5.78 Å². The lowest BCUT2D eigenvalue weighted by Crippen LogP contribution is -1.90. The molecular weight excluding hydrogens is 172 g/mol. The second kappa shape index (κ2) is 6.43. The average Bonchev–Trinajstić information content (AvgIpc) is 2.58. The highest BCUT2D eigenvalue weighted by Gasteiger charge is 2.15. The molecule has 1 rings (SSSR count). The second-order valence-electron chi connectivity index (χ2n) is 3.61. The minimum absolute atomic E-state index is 0.365. The minimum atomic E-state index is 0.365. The number of rotatable bonds is 3. The van der Waals surface area contributed by atoms with Crippen molar-refractivity contribution in [1.29, 1.82) is 0 Å². The summed E-state index contributed by atoms with van der Waals surface area (Å²) in [7, 11) is 0. The van der Waals surface area contributed by atoms with Crippen LogP contribution in [-0.4, -0.2) is 5.78 Å². The number of hydrogen-bond acceptors (Lipinski definition) is 1. The van der Waals surface area contributed by atoms with Crippen LogP contribution in [0.1, 0.15) is 51.9 Å². The fourth-order valence-electron chi connectivity index (χ4n) is 1.64. The van der Waals surface area contributed by atoms with Crippen molar-refractivity contribution in [2.45, 2.75) is 51.9 Å². The van der Waals surface area contributed by atoms with Gasteiger partial charge in [-0.1, -0.05) is 13.0 Å². The Morgan fingerprint density at radius 1 is 1.36 bits per heavy atom. The van der Waals surface area contributed by atoms with Gasteiger partial charge < -0.3 is 0 Å². The first-order valence-electron chi connectivity index (χ1n) is 5.52. The molecule has 0 spiro atoms. The van der Waals surface area contributed by atoms with Gasteiger partial charge >= 0.3 is 0 Å². The third-order valence-corrected chi connectivity index (χ3v) is 2.41. The zero-order valence-corrected chi connectivity index (χ0v) is 8.94. The van der Waals surface area contributed by atoms with Crippen molar-refractivity contribution in [1.82, 2.24) is 0 Å². The monoisotopic (exact) mass is 190 g/mol. The highest BCUT2D eigenvalue weighted by Crippen LogP contribution is 2.20. The summed E-state index contributed by atoms with van der Waals surface area (Å²) in [5, 5.41) is 0. The summed E-state index contributed by atoms with van der Waals surface area (Å²) in [4.78, 5) is 11.2. The van der Waals surface area contributed by atoms with Crippen LogP contribution in [0.3, 0.4) is 0 Å². The molecule has 76 valence electrons. The van der Waals surface area contributed by atoms with E-state index >= 15 is 0 Å². The first-order chi connectivity index (χ1) is 6.84. The molecule has 1 fully saturated rings. The lowest BCUT2D eigenvalue weighted by molar-refractivity contribution is -0.114. The topological polar surface area (TPSA) is 17.1 Å². The van der Waals surface area contributed by atoms with Crippen molar-refractivity contribution < 1.29 is 4.79 Å². The van der Waals surface area contributed by atoms with E-state index in [2.05, 4.69) is 24.8 Å². The van der Waals surface area contributed by atoms with Gasteiger partial charge in [0.15, 0.2) is 5.78 Å². The third-order valence-electron chi connectivity index (χ3n) is 2.41. The van der Waals surface area contributed by atoms with Crippen LogP contribution < -0.4 is 0 Å². The van der Waals surface area contributed by atoms with Gasteiger partial charge in [-0.05, 0) is 31.3 Å². The molecular formula is C13H18O. The quantitative estimate of drug-likeness (QED) is 0.379. The van der Waals surface area contributed by atoms with Gasteiger partial charge in [0, 0.05) is 19.3 Å². The molecule has 14 heavy (non-hydrogen) atoms. The third kappa shape index (κ3) is 3.79. The number of unbranched alkanes of at least 4 members (excludes halogenated alkanes) is 2. The molecule has 1 saturated carbocycles. The average molecular weight is 190 g/mol. The molecule has 0 unspecified atom stereocenters. The standard InChI is InChI=1S/C13H18O/c1-2-3-4-5-6-7-9-12-10-8-11-13(12)14/h9H,2,5-8,10-11H2,1H3/b12-9+. The van der Waals surface area contributed by atoms with Gasteiger partial charge in [-0.15, -0.1) is 11.8 Å². The van der Waals surface area contributed by atoms with E-state index in [9.17, 15) is 4.79 Å². The predicted octanol–water partition coefficient (Wildman–Crippen LogP) is 3.25. The number of Topliss-reactive ketones (excluding diaryl/α,β-unsaturated/α-hetero) is 1. The van der Waals surface area contributed by atoms with Crippen molar-refractivity contribution in [3.63, 3.8) is 0 Å². The number of ketones is 1. The smallest absolute Gasteiger partial charge is 0.158 e. The van der Waals surface area contributed by atoms with Crippen molar-refractivity contribution in [2.24, 2.45) is 0 Å². The lowest BCUT2D eigenvalue weighted by Gasteiger charge is -1.93. The summed E-state index contributed by atoms with van der Waals surface area (Å²) in [6.45, 7) is 2.06. The van der Waals surface area contributed by atoms with Gasteiger partial charge in [0.25, 0.3) is 0 Å². The summed E-state index contributed by atoms with van der Waals surface area (Å²) in [5.41, 5.74) is 1.06. The van der Waals surface area contributed by atoms with E-state index in [4.69, 9.17) is 0 Å². The summed E-state index contributed by atoms with van der Waals surface area (Å²) in [5.74, 6) is 6.52. The maximum absolute atomic E-state index is 11.2. The second-order valence-corrected chi connectivity index (χ2v) is 3.61. The van der Waals surface area contributed by atoms with Crippen LogP contribution in [-0.2, 0) is 4.79 Å². The lowest BCUT2D eigenvalue weighted by atomic mass is 10.1. The highest BCUT2D eigenvalue weighted by molar-refractivity contribution is 5.97. The maximum Gasteiger partial charge on any atom is 0.158 e. The first kappa shape index (κ1) is 11.0. The minimum Gasteiger partial charge on any atom is -0.295 e. The zero-order valence-electron chi connectivity index (χ0n) is 8.94. The van der Waals surface area contributed by atoms with Gasteiger partial charge in [-0.25, -0.2) is 0 Å². The van der Waals surface area contributed by atoms with Crippen molar-refractivity contribution in [2.75, 3.05) is 0 Å². The van der Waals surface area contributed by atoms with Crippen LogP contribution in [0.15, 0.2) is 11.6 Å². The molecule has 1 aliphatic rings. The molecule has 0 N–H and O–H groups in total. The van der Waals surface area contributed by atoms with E-state index in [1.54, 1.807) is 0 Å². The number of carbonyl (C=O) groups excluding carboxylic acids is 1. The number of carbonyl (C=O) groups is 1. The van der Waals surface area contributed by atoms with E-state index in [0.717, 1.165) is 50.5 Å². The molecule has 0 aromatic rings. The largest absolute Gasteiger partial charge is 0.295 e. The molecule has 0 saturated heterocycles. The normalized spacial score (nSPS) is 18.4. The highest BCUT2D eigenvalue weighted by atomic mass is 16.1. The van der Waals surface area contributed by atoms with Crippen LogP contribution in [0.2, 0.25) is 0 Å². The van der Waals surface area contributed by atoms with E-state index in [-0.39, 0.29) is 0 Å². The van der Waals surface area contributed by atoms with E-state index in [1.165, 1.54) is 0 Å². The van der Waals surface area contributed by atoms with Crippen LogP contribution in [0.4, 0.5) is 0 Å². The number of allylic oxidation sites excluding steroid dienone is 2. The summed E-state index contributed by atoms with van der Waals surface area (Å²) in [6.07, 6.45) is 8.94. The van der Waals surface area contributed by atoms with Gasteiger partial charge in [-0.3, -0.25) is 4.79 Å². The molecule has 0 atom stereocenters. The van der Waals surface area contributed by atoms with Crippen LogP contribution in [0.25, 0.3) is 0 Å². The summed E-state index contributed by atoms with van der Waals surface area (Å²) in [6, 6.07) is 0. The Bertz CT molecular complexity index is 275. The maximum atomic E-state index is 11.2. The molecule has 0 heterocycles. The molecule has 0 aromatic carbocycles. The molecule has 1 aliphatic carbocycles. The van der Waals surface area contributed by atoms with E-state index in [0.29, 0.717) is 5.78 Å².